The third-order valence-electron chi connectivity index (χ3n) is 16.6. The number of allylic oxidation sites excluding steroid dienone is 1. The number of hydrogen-bond acceptors (Lipinski definition) is 19. The lowest BCUT2D eigenvalue weighted by Gasteiger charge is -2.51. The first-order valence-corrected chi connectivity index (χ1v) is 31.4. The Bertz CT molecular complexity index is 1730. The smallest absolute Gasteiger partial charge is 0.336 e. The first kappa shape index (κ1) is 73.8. The summed E-state index contributed by atoms with van der Waals surface area (Å²) in [6, 6.07) is -2.52. The van der Waals surface area contributed by atoms with Crippen LogP contribution in [0.5, 0.6) is 0 Å². The van der Waals surface area contributed by atoms with Crippen LogP contribution in [0.1, 0.15) is 213 Å². The maximum Gasteiger partial charge on any atom is 0.336 e. The molecule has 0 spiro atoms. The third kappa shape index (κ3) is 25.5. The van der Waals surface area contributed by atoms with E-state index in [9.17, 15) is 75.7 Å². The molecule has 3 saturated heterocycles. The number of nitrogens with one attached hydrogen (secondary N) is 2. The van der Waals surface area contributed by atoms with Crippen LogP contribution in [0.25, 0.3) is 0 Å². The standard InChI is InChI=1S/C60H110N2O20/c1-4-6-8-10-12-14-16-18-19-21-23-25-27-29-31-33-48(70)62-42(43(67)32-30-28-26-24-22-20-17-15-13-11-9-7-5-2)39-78-57-54(75)53(74)55(47(38-65)80-57)81-58-51(72)41(50(71)46(37-64)79-58)34-60(59(76)77)35-44(68)49(61-40(3)66)56(82-60)52(73)45(69)36-63/h30,32,41-47,49-58,63-65,67-69,71-75H,4-29,31,33-39H2,1-3H3,(H,61,66)(H,62,70)(H,76,77)/b32-30+/t41-,42+,43-,44+,45-,46-,47-,49-,50-,51-,52-,53-,54-,55-,56-,57-,58+,60-/m1/s1. The molecule has 0 saturated carbocycles. The van der Waals surface area contributed by atoms with Gasteiger partial charge < -0.3 is 95.6 Å². The predicted octanol–water partition coefficient (Wildman–Crippen LogP) is 3.83. The molecule has 82 heavy (non-hydrogen) atoms. The number of rotatable bonds is 45. The number of carboxylic acid groups (broad SMARTS) is 1. The molecule has 2 amide bonds. The summed E-state index contributed by atoms with van der Waals surface area (Å²) in [5.74, 6) is -4.44. The van der Waals surface area contributed by atoms with Crippen LogP contribution in [0.3, 0.4) is 0 Å². The van der Waals surface area contributed by atoms with Gasteiger partial charge in [-0.2, -0.15) is 0 Å². The van der Waals surface area contributed by atoms with Gasteiger partial charge in [0, 0.05) is 25.7 Å². The molecule has 3 heterocycles. The van der Waals surface area contributed by atoms with Crippen molar-refractivity contribution < 1.29 is 99.3 Å². The fourth-order valence-electron chi connectivity index (χ4n) is 11.5. The van der Waals surface area contributed by atoms with Crippen molar-refractivity contribution in [1.29, 1.82) is 0 Å². The van der Waals surface area contributed by atoms with Gasteiger partial charge in [0.15, 0.2) is 18.2 Å². The number of carbonyl (C=O) groups is 3. The van der Waals surface area contributed by atoms with Crippen molar-refractivity contribution in [3.8, 4) is 0 Å². The van der Waals surface area contributed by atoms with Crippen molar-refractivity contribution in [2.75, 3.05) is 26.4 Å². The number of aliphatic hydroxyl groups is 11. The molecule has 3 rings (SSSR count). The van der Waals surface area contributed by atoms with Gasteiger partial charge in [0.25, 0.3) is 0 Å². The summed E-state index contributed by atoms with van der Waals surface area (Å²) >= 11 is 0. The Hall–Kier alpha value is -2.49. The number of aliphatic hydroxyl groups excluding tert-OH is 11. The molecule has 0 unspecified atom stereocenters. The Kier molecular flexibility index (Phi) is 37.4. The minimum absolute atomic E-state index is 0.213. The number of ether oxygens (including phenoxy) is 5. The molecule has 0 radical (unpaired) electrons. The number of carboxylic acids is 1. The lowest BCUT2D eigenvalue weighted by atomic mass is 9.74. The number of amides is 2. The second kappa shape index (κ2) is 41.6. The summed E-state index contributed by atoms with van der Waals surface area (Å²) < 4.78 is 29.4. The monoisotopic (exact) mass is 1180 g/mol. The Morgan fingerprint density at radius 3 is 1.63 bits per heavy atom. The SMILES string of the molecule is CCCCCCCCCCCCC/C=C/[C@@H](O)[C@H](CO[C@@H]1O[C@H](CO)[C@@H](O[C@@H]2O[C@H](CO)[C@H](O)[C@@H](C[C@]3(C(=O)O)C[C@H](O)[C@@H](NC(C)=O)[C@H]([C@H](O)[C@H](O)CO)O3)[C@H]2O)[C@H](O)[C@H]1O)NC(=O)CCCCCCCCCCCCCCCCC. The molecular formula is C60H110N2O20. The van der Waals surface area contributed by atoms with E-state index in [1.807, 2.05) is 6.08 Å². The zero-order valence-electron chi connectivity index (χ0n) is 49.6. The lowest BCUT2D eigenvalue weighted by Crippen LogP contribution is -2.69. The topological polar surface area (TPSA) is 364 Å². The highest BCUT2D eigenvalue weighted by atomic mass is 16.7. The Morgan fingerprint density at radius 1 is 0.646 bits per heavy atom. The van der Waals surface area contributed by atoms with E-state index in [1.165, 1.54) is 116 Å². The fraction of sp³-hybridized carbons (Fsp3) is 0.917. The van der Waals surface area contributed by atoms with Crippen LogP contribution in [-0.4, -0.2) is 209 Å². The maximum absolute atomic E-state index is 13.4. The molecular weight excluding hydrogens is 1070 g/mol. The predicted molar refractivity (Wildman–Crippen MR) is 305 cm³/mol. The largest absolute Gasteiger partial charge is 0.479 e. The van der Waals surface area contributed by atoms with Crippen molar-refractivity contribution in [3.63, 3.8) is 0 Å². The highest BCUT2D eigenvalue weighted by Crippen LogP contribution is 2.42. The van der Waals surface area contributed by atoms with Gasteiger partial charge >= 0.3 is 5.97 Å². The molecule has 3 fully saturated rings. The molecule has 0 bridgehead atoms. The van der Waals surface area contributed by atoms with Crippen molar-refractivity contribution in [3.05, 3.63) is 12.2 Å². The van der Waals surface area contributed by atoms with Gasteiger partial charge in [0.2, 0.25) is 11.8 Å². The molecule has 0 aliphatic carbocycles. The summed E-state index contributed by atoms with van der Waals surface area (Å²) in [7, 11) is 0. The molecule has 22 nitrogen and oxygen atoms in total. The van der Waals surface area contributed by atoms with E-state index in [2.05, 4.69) is 24.5 Å². The maximum atomic E-state index is 13.4. The zero-order valence-corrected chi connectivity index (χ0v) is 49.6. The highest BCUT2D eigenvalue weighted by molar-refractivity contribution is 5.78. The minimum atomic E-state index is -2.58. The Labute approximate surface area is 487 Å². The lowest BCUT2D eigenvalue weighted by molar-refractivity contribution is -0.358. The average molecular weight is 1180 g/mol. The van der Waals surface area contributed by atoms with Crippen LogP contribution >= 0.6 is 0 Å². The van der Waals surface area contributed by atoms with E-state index >= 15 is 0 Å². The molecule has 480 valence electrons. The normalized spacial score (nSPS) is 30.2. The number of aliphatic carboxylic acids is 1. The molecule has 22 heteroatoms. The van der Waals surface area contributed by atoms with Crippen LogP contribution < -0.4 is 10.6 Å². The molecule has 3 aliphatic heterocycles. The average Bonchev–Trinajstić information content (AvgIpc) is 3.65. The van der Waals surface area contributed by atoms with Crippen molar-refractivity contribution in [2.45, 2.75) is 317 Å². The third-order valence-corrected chi connectivity index (χ3v) is 16.6. The first-order valence-electron chi connectivity index (χ1n) is 31.4. The molecule has 0 aromatic carbocycles. The zero-order chi connectivity index (χ0) is 60.5. The fourth-order valence-corrected chi connectivity index (χ4v) is 11.5. The molecule has 0 aromatic heterocycles. The Morgan fingerprint density at radius 2 is 1.15 bits per heavy atom. The molecule has 14 N–H and O–H groups in total. The van der Waals surface area contributed by atoms with Crippen LogP contribution in [0.2, 0.25) is 0 Å². The van der Waals surface area contributed by atoms with Crippen LogP contribution in [0.4, 0.5) is 0 Å². The van der Waals surface area contributed by atoms with Crippen LogP contribution in [-0.2, 0) is 38.1 Å². The van der Waals surface area contributed by atoms with Crippen LogP contribution in [0, 0.1) is 5.92 Å². The van der Waals surface area contributed by atoms with Gasteiger partial charge in [-0.3, -0.25) is 9.59 Å². The number of unbranched alkanes of at least 4 members (excludes halogenated alkanes) is 25. The van der Waals surface area contributed by atoms with Crippen LogP contribution in [0.15, 0.2) is 12.2 Å². The second-order valence-electron chi connectivity index (χ2n) is 23.5. The summed E-state index contributed by atoms with van der Waals surface area (Å²) in [4.78, 5) is 38.5. The Balaban J connectivity index is 1.67. The van der Waals surface area contributed by atoms with Crippen molar-refractivity contribution >= 4 is 17.8 Å². The molecule has 3 aliphatic rings. The summed E-state index contributed by atoms with van der Waals surface area (Å²) in [5.41, 5.74) is -2.58. The highest BCUT2D eigenvalue weighted by Gasteiger charge is 2.59. The summed E-state index contributed by atoms with van der Waals surface area (Å²) in [6.07, 6.45) is 8.54. The van der Waals surface area contributed by atoms with Gasteiger partial charge in [0.1, 0.15) is 54.9 Å². The van der Waals surface area contributed by atoms with Gasteiger partial charge in [-0.1, -0.05) is 180 Å². The molecule has 18 atom stereocenters. The minimum Gasteiger partial charge on any atom is -0.479 e. The van der Waals surface area contributed by atoms with E-state index in [-0.39, 0.29) is 12.3 Å². The number of carbonyl (C=O) groups excluding carboxylic acids is 2. The van der Waals surface area contributed by atoms with Crippen molar-refractivity contribution in [2.24, 2.45) is 5.92 Å². The quantitative estimate of drug-likeness (QED) is 0.0304. The number of hydrogen-bond donors (Lipinski definition) is 14. The van der Waals surface area contributed by atoms with Gasteiger partial charge in [0.05, 0.1) is 56.8 Å². The van der Waals surface area contributed by atoms with Gasteiger partial charge in [-0.05, 0) is 25.7 Å². The van der Waals surface area contributed by atoms with Gasteiger partial charge in [-0.15, -0.1) is 0 Å². The van der Waals surface area contributed by atoms with E-state index < -0.39 is 161 Å². The van der Waals surface area contributed by atoms with E-state index in [4.69, 9.17) is 23.7 Å². The van der Waals surface area contributed by atoms with E-state index in [0.29, 0.717) is 12.8 Å². The first-order chi connectivity index (χ1) is 39.4. The second-order valence-corrected chi connectivity index (χ2v) is 23.5. The van der Waals surface area contributed by atoms with E-state index in [1.54, 1.807) is 6.08 Å². The van der Waals surface area contributed by atoms with E-state index in [0.717, 1.165) is 51.9 Å². The molecule has 0 aromatic rings. The van der Waals surface area contributed by atoms with Gasteiger partial charge in [-0.25, -0.2) is 4.79 Å². The summed E-state index contributed by atoms with van der Waals surface area (Å²) in [5, 5.41) is 136. The summed E-state index contributed by atoms with van der Waals surface area (Å²) in [6.45, 7) is 2.30. The van der Waals surface area contributed by atoms with Crippen molar-refractivity contribution in [1.82, 2.24) is 10.6 Å².